The van der Waals surface area contributed by atoms with Gasteiger partial charge in [-0.1, -0.05) is 133 Å². The highest BCUT2D eigenvalue weighted by Crippen LogP contribution is 2.33. The number of halogens is 7. The number of H-pyrrole nitrogens is 1. The lowest BCUT2D eigenvalue weighted by molar-refractivity contribution is -0.138. The van der Waals surface area contributed by atoms with Crippen molar-refractivity contribution in [3.05, 3.63) is 202 Å². The highest BCUT2D eigenvalue weighted by Gasteiger charge is 2.39. The summed E-state index contributed by atoms with van der Waals surface area (Å²) < 4.78 is 86.8. The van der Waals surface area contributed by atoms with E-state index in [-0.39, 0.29) is 43.0 Å². The number of nitrogens with zero attached hydrogens (tertiary/aromatic N) is 9. The van der Waals surface area contributed by atoms with Gasteiger partial charge in [-0.15, -0.1) is 32.0 Å². The molecule has 4 heterocycles. The van der Waals surface area contributed by atoms with Gasteiger partial charge in [0.25, 0.3) is 0 Å². The van der Waals surface area contributed by atoms with Gasteiger partial charge in [0.15, 0.2) is 0 Å². The van der Waals surface area contributed by atoms with E-state index in [4.69, 9.17) is 21.1 Å². The van der Waals surface area contributed by atoms with E-state index in [1.165, 1.54) is 29.1 Å². The maximum Gasteiger partial charge on any atom is 0.416 e. The van der Waals surface area contributed by atoms with Crippen LogP contribution in [0.5, 0.6) is 0 Å². The summed E-state index contributed by atoms with van der Waals surface area (Å²) >= 11 is 5.83. The van der Waals surface area contributed by atoms with Crippen LogP contribution in [0.3, 0.4) is 0 Å². The second-order valence-corrected chi connectivity index (χ2v) is 17.9. The van der Waals surface area contributed by atoms with E-state index in [0.717, 1.165) is 68.8 Å². The molecule has 6 aromatic carbocycles. The maximum atomic E-state index is 12.9. The second-order valence-electron chi connectivity index (χ2n) is 17.6. The lowest BCUT2D eigenvalue weighted by Gasteiger charge is -2.27. The Morgan fingerprint density at radius 1 is 0.587 bits per heavy atom. The van der Waals surface area contributed by atoms with E-state index in [1.807, 2.05) is 123 Å². The van der Waals surface area contributed by atoms with Crippen LogP contribution in [-0.4, -0.2) is 94.0 Å². The van der Waals surface area contributed by atoms with Crippen molar-refractivity contribution in [2.24, 2.45) is 0 Å². The number of carbonyl (C=O) groups is 2. The van der Waals surface area contributed by atoms with Gasteiger partial charge in [0.1, 0.15) is 13.2 Å². The molecule has 2 fully saturated rings. The normalized spacial score (nSPS) is 16.3. The molecule has 2 aliphatic rings. The van der Waals surface area contributed by atoms with Gasteiger partial charge in [-0.2, -0.15) is 36.4 Å². The van der Waals surface area contributed by atoms with Crippen LogP contribution in [-0.2, 0) is 41.2 Å². The number of cyclic esters (lactones) is 2. The number of amides is 2. The van der Waals surface area contributed by atoms with E-state index >= 15 is 0 Å². The molecule has 0 unspecified atom stereocenters. The second kappa shape index (κ2) is 23.8. The van der Waals surface area contributed by atoms with Crippen LogP contribution in [0.15, 0.2) is 158 Å². The Labute approximate surface area is 432 Å². The van der Waals surface area contributed by atoms with Crippen LogP contribution in [0.25, 0.3) is 22.8 Å². The minimum atomic E-state index is -4.37. The number of carbonyl (C=O) groups excluding carboxylic acids is 2. The van der Waals surface area contributed by atoms with Crippen LogP contribution in [0.2, 0.25) is 0 Å². The molecular formula is C54H49ClF6N10O4. The molecule has 2 amide bonds. The van der Waals surface area contributed by atoms with E-state index in [0.29, 0.717) is 43.5 Å². The molecule has 1 N–H and O–H groups in total. The first-order chi connectivity index (χ1) is 36.1. The SMILES string of the molecule is C[C@H](c1ccccc1)N1C(=O)OC[C@H]1CCl.C[C@H](c1ccccc1)N1C(=O)OC[C@H]1Cn1nnc(-c2ccccc2Cc2ccc(C(F)(F)F)cc2)n1.FC(F)(F)c1ccc(Cc2ccccc2-c2nn[nH]n2)cc1. The average molecular weight is 1050 g/mol. The minimum absolute atomic E-state index is 0.0000463. The standard InChI is InChI=1S/C27H24F3N5O2.C15H11F3N4.C12H14ClNO2/c1-18(20-7-3-2-4-8-20)35-23(17-37-26(35)36)16-34-32-25(31-33-34)24-10-6-5-9-21(24)15-19-11-13-22(14-12-19)27(28,29)30;16-15(17,18)12-7-5-10(6-8-12)9-11-3-1-2-4-13(11)14-19-21-22-20-14;1-9(10-5-3-2-4-6-10)14-11(7-13)8-16-12(14)15/h2-14,18,23H,15-17H2,1H3;1-8H,9H2,(H,19,20,21,22);2-6,9,11H,7-8H2,1H3/t18-,23-;;9-,11-/m1.1/s1. The number of aromatic nitrogens is 8. The summed E-state index contributed by atoms with van der Waals surface area (Å²) in [5.74, 6) is 1.26. The van der Waals surface area contributed by atoms with Crippen molar-refractivity contribution >= 4 is 23.8 Å². The zero-order valence-electron chi connectivity index (χ0n) is 40.4. The topological polar surface area (TPSA) is 157 Å². The number of alkyl halides is 7. The highest BCUT2D eigenvalue weighted by molar-refractivity contribution is 6.18. The number of nitrogens with one attached hydrogen (secondary N) is 1. The lowest BCUT2D eigenvalue weighted by Crippen LogP contribution is -2.39. The number of hydrogen-bond donors (Lipinski definition) is 1. The first-order valence-electron chi connectivity index (χ1n) is 23.6. The summed E-state index contributed by atoms with van der Waals surface area (Å²) in [5, 5.41) is 26.7. The van der Waals surface area contributed by atoms with Gasteiger partial charge in [0, 0.05) is 17.0 Å². The molecule has 2 aromatic heterocycles. The third-order valence-corrected chi connectivity index (χ3v) is 13.0. The first kappa shape index (κ1) is 53.2. The molecule has 0 saturated carbocycles. The predicted molar refractivity (Wildman–Crippen MR) is 266 cm³/mol. The zero-order chi connectivity index (χ0) is 53.1. The predicted octanol–water partition coefficient (Wildman–Crippen LogP) is 11.8. The fraction of sp³-hybridized carbons (Fsp3) is 0.259. The van der Waals surface area contributed by atoms with Crippen molar-refractivity contribution in [2.75, 3.05) is 19.1 Å². The third kappa shape index (κ3) is 13.4. The van der Waals surface area contributed by atoms with E-state index in [2.05, 4.69) is 36.0 Å². The van der Waals surface area contributed by atoms with Crippen LogP contribution < -0.4 is 0 Å². The molecular weight excluding hydrogens is 1000 g/mol. The van der Waals surface area contributed by atoms with Crippen molar-refractivity contribution < 1.29 is 45.4 Å². The molecule has 14 nitrogen and oxygen atoms in total. The van der Waals surface area contributed by atoms with Gasteiger partial charge in [0.05, 0.1) is 41.8 Å². The molecule has 75 heavy (non-hydrogen) atoms. The largest absolute Gasteiger partial charge is 0.447 e. The Kier molecular flexibility index (Phi) is 16.9. The summed E-state index contributed by atoms with van der Waals surface area (Å²) in [6.07, 6.45) is -8.45. The Bertz CT molecular complexity index is 3110. The number of hydrogen-bond acceptors (Lipinski definition) is 10. The van der Waals surface area contributed by atoms with Gasteiger partial charge in [-0.25, -0.2) is 9.59 Å². The summed E-state index contributed by atoms with van der Waals surface area (Å²) in [6.45, 7) is 4.85. The van der Waals surface area contributed by atoms with Gasteiger partial charge in [0.2, 0.25) is 11.6 Å². The Hall–Kier alpha value is -8.13. The summed E-state index contributed by atoms with van der Waals surface area (Å²) in [4.78, 5) is 28.9. The van der Waals surface area contributed by atoms with Gasteiger partial charge < -0.3 is 9.47 Å². The van der Waals surface area contributed by atoms with E-state index in [1.54, 1.807) is 9.80 Å². The van der Waals surface area contributed by atoms with Crippen LogP contribution >= 0.6 is 11.6 Å². The fourth-order valence-corrected chi connectivity index (χ4v) is 8.91. The summed E-state index contributed by atoms with van der Waals surface area (Å²) in [7, 11) is 0. The molecule has 2 saturated heterocycles. The van der Waals surface area contributed by atoms with Crippen molar-refractivity contribution in [1.29, 1.82) is 0 Å². The molecule has 2 aliphatic heterocycles. The van der Waals surface area contributed by atoms with Gasteiger partial charge in [-0.05, 0) is 94.8 Å². The highest BCUT2D eigenvalue weighted by atomic mass is 35.5. The summed E-state index contributed by atoms with van der Waals surface area (Å²) in [6, 6.07) is 44.3. The molecule has 0 aliphatic carbocycles. The molecule has 21 heteroatoms. The quantitative estimate of drug-likeness (QED) is 0.0870. The Morgan fingerprint density at radius 3 is 1.48 bits per heavy atom. The molecule has 0 bridgehead atoms. The van der Waals surface area contributed by atoms with Crippen molar-refractivity contribution in [1.82, 2.24) is 50.6 Å². The smallest absolute Gasteiger partial charge is 0.416 e. The van der Waals surface area contributed by atoms with E-state index < -0.39 is 23.5 Å². The number of benzene rings is 6. The molecule has 4 atom stereocenters. The van der Waals surface area contributed by atoms with Crippen LogP contribution in [0.4, 0.5) is 35.9 Å². The minimum Gasteiger partial charge on any atom is -0.447 e. The number of ether oxygens (including phenoxy) is 2. The van der Waals surface area contributed by atoms with Gasteiger partial charge in [-0.3, -0.25) is 9.80 Å². The molecule has 0 radical (unpaired) electrons. The molecule has 10 rings (SSSR count). The van der Waals surface area contributed by atoms with Crippen LogP contribution in [0, 0.1) is 0 Å². The zero-order valence-corrected chi connectivity index (χ0v) is 41.1. The summed E-state index contributed by atoms with van der Waals surface area (Å²) in [5.41, 5.74) is 5.60. The van der Waals surface area contributed by atoms with Crippen molar-refractivity contribution in [3.63, 3.8) is 0 Å². The first-order valence-corrected chi connectivity index (χ1v) is 24.2. The number of rotatable bonds is 13. The lowest BCUT2D eigenvalue weighted by atomic mass is 9.98. The fourth-order valence-electron chi connectivity index (χ4n) is 8.68. The number of tetrazole rings is 2. The van der Waals surface area contributed by atoms with Crippen molar-refractivity contribution in [3.8, 4) is 22.8 Å². The maximum absolute atomic E-state index is 12.9. The molecule has 0 spiro atoms. The Morgan fingerprint density at radius 2 is 1.03 bits per heavy atom. The monoisotopic (exact) mass is 1050 g/mol. The van der Waals surface area contributed by atoms with Crippen LogP contribution in [0.1, 0.15) is 70.4 Å². The average Bonchev–Trinajstić information content (AvgIpc) is 4.26. The van der Waals surface area contributed by atoms with E-state index in [9.17, 15) is 35.9 Å². The van der Waals surface area contributed by atoms with Gasteiger partial charge >= 0.3 is 24.5 Å². The third-order valence-electron chi connectivity index (χ3n) is 12.6. The molecule has 388 valence electrons. The van der Waals surface area contributed by atoms with Crippen molar-refractivity contribution in [2.45, 2.75) is 69.8 Å². The number of aromatic amines is 1. The molecule has 8 aromatic rings. The Balaban J connectivity index is 0.000000166.